The van der Waals surface area contributed by atoms with Gasteiger partial charge in [0.15, 0.2) is 9.84 Å². The summed E-state index contributed by atoms with van der Waals surface area (Å²) < 4.78 is 22.9. The Hall–Kier alpha value is -1.31. The van der Waals surface area contributed by atoms with Crippen molar-refractivity contribution in [2.45, 2.75) is 25.8 Å². The van der Waals surface area contributed by atoms with E-state index in [1.165, 1.54) is 4.90 Å². The van der Waals surface area contributed by atoms with Gasteiger partial charge in [0.05, 0.1) is 23.0 Å². The first-order valence-electron chi connectivity index (χ1n) is 6.62. The lowest BCUT2D eigenvalue weighted by Crippen LogP contribution is -2.60. The lowest BCUT2D eigenvalue weighted by Gasteiger charge is -2.42. The zero-order chi connectivity index (χ0) is 15.1. The second-order valence-corrected chi connectivity index (χ2v) is 8.31. The van der Waals surface area contributed by atoms with Gasteiger partial charge < -0.3 is 15.3 Å². The number of carboxylic acid groups (broad SMARTS) is 1. The van der Waals surface area contributed by atoms with Gasteiger partial charge in [0.1, 0.15) is 0 Å². The summed E-state index contributed by atoms with van der Waals surface area (Å²) >= 11 is 0. The fourth-order valence-electron chi connectivity index (χ4n) is 2.64. The largest absolute Gasteiger partial charge is 0.481 e. The Kier molecular flexibility index (Phi) is 3.70. The maximum atomic E-state index is 12.0. The number of amides is 2. The first-order valence-corrected chi connectivity index (χ1v) is 8.44. The van der Waals surface area contributed by atoms with Gasteiger partial charge >= 0.3 is 12.0 Å². The van der Waals surface area contributed by atoms with Crippen LogP contribution >= 0.6 is 0 Å². The van der Waals surface area contributed by atoms with E-state index in [0.29, 0.717) is 19.5 Å². The third-order valence-corrected chi connectivity index (χ3v) is 6.11. The van der Waals surface area contributed by atoms with E-state index >= 15 is 0 Å². The summed E-state index contributed by atoms with van der Waals surface area (Å²) in [5.74, 6) is -1.29. The third kappa shape index (κ3) is 3.05. The summed E-state index contributed by atoms with van der Waals surface area (Å²) in [6.07, 6.45) is 0.421. The molecule has 2 heterocycles. The summed E-state index contributed by atoms with van der Waals surface area (Å²) in [6, 6.07) is -0.307. The molecule has 7 nitrogen and oxygen atoms in total. The summed E-state index contributed by atoms with van der Waals surface area (Å²) in [5, 5.41) is 11.6. The third-order valence-electron chi connectivity index (χ3n) is 4.21. The van der Waals surface area contributed by atoms with E-state index in [1.807, 2.05) is 0 Å². The number of carbonyl (C=O) groups excluding carboxylic acids is 1. The van der Waals surface area contributed by atoms with E-state index in [9.17, 15) is 18.0 Å². The molecule has 0 aromatic carbocycles. The predicted molar refractivity (Wildman–Crippen MR) is 72.1 cm³/mol. The highest BCUT2D eigenvalue weighted by Crippen LogP contribution is 2.27. The van der Waals surface area contributed by atoms with Crippen LogP contribution in [0, 0.1) is 11.8 Å². The van der Waals surface area contributed by atoms with E-state index in [4.69, 9.17) is 5.11 Å². The minimum Gasteiger partial charge on any atom is -0.481 e. The molecule has 2 atom stereocenters. The standard InChI is InChI=1S/C12H20N2O5S/c1-8(10(15)16)9-5-14(6-9)11(17)13-12(2)3-4-20(18,19)7-12/h8-9H,3-7H2,1-2H3,(H,13,17)(H,15,16). The van der Waals surface area contributed by atoms with Crippen molar-refractivity contribution in [1.82, 2.24) is 10.2 Å². The molecule has 0 saturated carbocycles. The van der Waals surface area contributed by atoms with Gasteiger partial charge in [-0.05, 0) is 13.3 Å². The van der Waals surface area contributed by atoms with Crippen LogP contribution in [0.4, 0.5) is 4.79 Å². The molecule has 0 radical (unpaired) electrons. The van der Waals surface area contributed by atoms with Crippen LogP contribution in [-0.2, 0) is 14.6 Å². The van der Waals surface area contributed by atoms with Crippen molar-refractivity contribution in [1.29, 1.82) is 0 Å². The number of nitrogens with one attached hydrogen (secondary N) is 1. The van der Waals surface area contributed by atoms with Gasteiger partial charge in [-0.25, -0.2) is 13.2 Å². The van der Waals surface area contributed by atoms with Gasteiger partial charge in [0, 0.05) is 19.0 Å². The fourth-order valence-corrected chi connectivity index (χ4v) is 4.74. The number of likely N-dealkylation sites (tertiary alicyclic amines) is 1. The van der Waals surface area contributed by atoms with Crippen molar-refractivity contribution < 1.29 is 23.1 Å². The van der Waals surface area contributed by atoms with Gasteiger partial charge in [-0.2, -0.15) is 0 Å². The molecule has 0 bridgehead atoms. The van der Waals surface area contributed by atoms with E-state index in [-0.39, 0.29) is 23.5 Å². The van der Waals surface area contributed by atoms with Gasteiger partial charge in [-0.3, -0.25) is 4.79 Å². The molecule has 2 saturated heterocycles. The Labute approximate surface area is 118 Å². The Bertz CT molecular complexity index is 526. The van der Waals surface area contributed by atoms with E-state index < -0.39 is 27.3 Å². The van der Waals surface area contributed by atoms with Crippen molar-refractivity contribution >= 4 is 21.8 Å². The second kappa shape index (κ2) is 4.91. The average molecular weight is 304 g/mol. The molecule has 0 aromatic rings. The Morgan fingerprint density at radius 1 is 1.40 bits per heavy atom. The first kappa shape index (κ1) is 15.1. The predicted octanol–water partition coefficient (Wildman–Crippen LogP) is -0.0743. The minimum atomic E-state index is -3.06. The Morgan fingerprint density at radius 2 is 2.00 bits per heavy atom. The number of nitrogens with zero attached hydrogens (tertiary/aromatic N) is 1. The van der Waals surface area contributed by atoms with Gasteiger partial charge in [-0.15, -0.1) is 0 Å². The molecule has 2 aliphatic heterocycles. The topological polar surface area (TPSA) is 104 Å². The summed E-state index contributed by atoms with van der Waals surface area (Å²) in [7, 11) is -3.06. The zero-order valence-electron chi connectivity index (χ0n) is 11.6. The van der Waals surface area contributed by atoms with E-state index in [0.717, 1.165) is 0 Å². The number of urea groups is 1. The highest BCUT2D eigenvalue weighted by molar-refractivity contribution is 7.91. The van der Waals surface area contributed by atoms with Crippen LogP contribution < -0.4 is 5.32 Å². The summed E-state index contributed by atoms with van der Waals surface area (Å²) in [5.41, 5.74) is -0.709. The van der Waals surface area contributed by atoms with Crippen molar-refractivity contribution in [3.63, 3.8) is 0 Å². The molecule has 0 spiro atoms. The fraction of sp³-hybridized carbons (Fsp3) is 0.833. The number of hydrogen-bond donors (Lipinski definition) is 2. The van der Waals surface area contributed by atoms with Crippen LogP contribution in [0.15, 0.2) is 0 Å². The number of carbonyl (C=O) groups is 2. The molecule has 20 heavy (non-hydrogen) atoms. The minimum absolute atomic E-state index is 0.0293. The molecule has 114 valence electrons. The van der Waals surface area contributed by atoms with Gasteiger partial charge in [0.2, 0.25) is 0 Å². The smallest absolute Gasteiger partial charge is 0.317 e. The molecule has 2 fully saturated rings. The number of carboxylic acids is 1. The van der Waals surface area contributed by atoms with Gasteiger partial charge in [0.25, 0.3) is 0 Å². The number of aliphatic carboxylic acids is 1. The highest BCUT2D eigenvalue weighted by atomic mass is 32.2. The monoisotopic (exact) mass is 304 g/mol. The lowest BCUT2D eigenvalue weighted by atomic mass is 9.87. The average Bonchev–Trinajstić information content (AvgIpc) is 2.49. The van der Waals surface area contributed by atoms with Crippen LogP contribution in [-0.4, -0.2) is 60.6 Å². The highest BCUT2D eigenvalue weighted by Gasteiger charge is 2.43. The van der Waals surface area contributed by atoms with E-state index in [1.54, 1.807) is 13.8 Å². The molecule has 0 aliphatic carbocycles. The lowest BCUT2D eigenvalue weighted by molar-refractivity contribution is -0.144. The van der Waals surface area contributed by atoms with Crippen molar-refractivity contribution in [2.24, 2.45) is 11.8 Å². The molecule has 8 heteroatoms. The van der Waals surface area contributed by atoms with Gasteiger partial charge in [-0.1, -0.05) is 6.92 Å². The normalized spacial score (nSPS) is 30.6. The van der Waals surface area contributed by atoms with Crippen molar-refractivity contribution in [2.75, 3.05) is 24.6 Å². The zero-order valence-corrected chi connectivity index (χ0v) is 12.4. The quantitative estimate of drug-likeness (QED) is 0.759. The van der Waals surface area contributed by atoms with Crippen LogP contribution in [0.1, 0.15) is 20.3 Å². The number of rotatable bonds is 3. The molecule has 2 rings (SSSR count). The maximum Gasteiger partial charge on any atom is 0.317 e. The number of hydrogen-bond acceptors (Lipinski definition) is 4. The SMILES string of the molecule is CC(C(=O)O)C1CN(C(=O)NC2(C)CCS(=O)(=O)C2)C1. The molecule has 2 aliphatic rings. The van der Waals surface area contributed by atoms with Crippen molar-refractivity contribution in [3.8, 4) is 0 Å². The van der Waals surface area contributed by atoms with Crippen LogP contribution in [0.3, 0.4) is 0 Å². The van der Waals surface area contributed by atoms with Crippen molar-refractivity contribution in [3.05, 3.63) is 0 Å². The first-order chi connectivity index (χ1) is 9.12. The molecule has 2 N–H and O–H groups in total. The Balaban J connectivity index is 1.85. The molecular weight excluding hydrogens is 284 g/mol. The van der Waals surface area contributed by atoms with Crippen LogP contribution in [0.25, 0.3) is 0 Å². The Morgan fingerprint density at radius 3 is 2.45 bits per heavy atom. The summed E-state index contributed by atoms with van der Waals surface area (Å²) in [4.78, 5) is 24.4. The molecule has 0 aromatic heterocycles. The molecule has 2 unspecified atom stereocenters. The number of sulfone groups is 1. The second-order valence-electron chi connectivity index (χ2n) is 6.12. The van der Waals surface area contributed by atoms with E-state index in [2.05, 4.69) is 5.32 Å². The molecule has 2 amide bonds. The molecular formula is C12H20N2O5S. The summed E-state index contributed by atoms with van der Waals surface area (Å²) in [6.45, 7) is 4.17. The van der Waals surface area contributed by atoms with Crippen LogP contribution in [0.5, 0.6) is 0 Å². The van der Waals surface area contributed by atoms with Crippen LogP contribution in [0.2, 0.25) is 0 Å². The maximum absolute atomic E-state index is 12.0.